The summed E-state index contributed by atoms with van der Waals surface area (Å²) in [5.41, 5.74) is 3.00. The molecule has 1 amide bonds. The van der Waals surface area contributed by atoms with Crippen molar-refractivity contribution in [2.75, 3.05) is 5.32 Å². The highest BCUT2D eigenvalue weighted by Crippen LogP contribution is 2.32. The topological polar surface area (TPSA) is 81.2 Å². The standard InChI is InChI=1S/C23H13Cl2N3O3/c24-14-6-7-17(25)16(12-14)18-8-9-20(30-18)22(29)27-15-4-1-3-13(11-15)23-28-21-19(31-23)5-2-10-26-21/h1-12H,(H,27,29). The van der Waals surface area contributed by atoms with Gasteiger partial charge < -0.3 is 14.2 Å². The molecule has 0 spiro atoms. The largest absolute Gasteiger partial charge is 0.451 e. The van der Waals surface area contributed by atoms with Gasteiger partial charge in [-0.25, -0.2) is 4.98 Å². The van der Waals surface area contributed by atoms with E-state index < -0.39 is 5.91 Å². The van der Waals surface area contributed by atoms with Gasteiger partial charge >= 0.3 is 0 Å². The third-order valence-electron chi connectivity index (χ3n) is 4.56. The zero-order valence-electron chi connectivity index (χ0n) is 15.8. The summed E-state index contributed by atoms with van der Waals surface area (Å²) in [6.45, 7) is 0. The van der Waals surface area contributed by atoms with E-state index in [4.69, 9.17) is 32.0 Å². The van der Waals surface area contributed by atoms with Crippen LogP contribution in [0.3, 0.4) is 0 Å². The zero-order valence-corrected chi connectivity index (χ0v) is 17.3. The lowest BCUT2D eigenvalue weighted by molar-refractivity contribution is 0.0997. The number of nitrogens with zero attached hydrogens (tertiary/aromatic N) is 2. The van der Waals surface area contributed by atoms with E-state index in [9.17, 15) is 4.79 Å². The normalized spacial score (nSPS) is 11.0. The fourth-order valence-electron chi connectivity index (χ4n) is 3.11. The van der Waals surface area contributed by atoms with Crippen LogP contribution >= 0.6 is 23.2 Å². The summed E-state index contributed by atoms with van der Waals surface area (Å²) in [5, 5.41) is 3.82. The van der Waals surface area contributed by atoms with Crippen molar-refractivity contribution in [2.45, 2.75) is 0 Å². The van der Waals surface area contributed by atoms with Crippen molar-refractivity contribution in [1.29, 1.82) is 0 Å². The fraction of sp³-hybridized carbons (Fsp3) is 0. The number of carbonyl (C=O) groups is 1. The molecule has 0 radical (unpaired) electrons. The molecule has 2 aromatic carbocycles. The maximum Gasteiger partial charge on any atom is 0.291 e. The fourth-order valence-corrected chi connectivity index (χ4v) is 3.49. The van der Waals surface area contributed by atoms with Crippen molar-refractivity contribution in [3.8, 4) is 22.8 Å². The first-order chi connectivity index (χ1) is 15.1. The van der Waals surface area contributed by atoms with Crippen LogP contribution < -0.4 is 5.32 Å². The van der Waals surface area contributed by atoms with Gasteiger partial charge in [0, 0.05) is 28.0 Å². The predicted octanol–water partition coefficient (Wildman–Crippen LogP) is 6.71. The lowest BCUT2D eigenvalue weighted by Crippen LogP contribution is -2.10. The molecule has 0 bridgehead atoms. The molecule has 0 saturated carbocycles. The first kappa shape index (κ1) is 19.4. The Hall–Kier alpha value is -3.61. The van der Waals surface area contributed by atoms with Gasteiger partial charge in [-0.3, -0.25) is 4.79 Å². The number of halogens is 2. The second kappa shape index (κ2) is 7.91. The van der Waals surface area contributed by atoms with Gasteiger partial charge in [-0.05, 0) is 60.7 Å². The van der Waals surface area contributed by atoms with Gasteiger partial charge in [-0.2, -0.15) is 4.98 Å². The Morgan fingerprint density at radius 1 is 0.935 bits per heavy atom. The Balaban J connectivity index is 1.38. The van der Waals surface area contributed by atoms with E-state index in [2.05, 4.69) is 15.3 Å². The molecule has 0 fully saturated rings. The number of furan rings is 1. The lowest BCUT2D eigenvalue weighted by Gasteiger charge is -2.05. The molecule has 3 heterocycles. The van der Waals surface area contributed by atoms with Crippen LogP contribution in [0.1, 0.15) is 10.6 Å². The van der Waals surface area contributed by atoms with Crippen LogP contribution in [0.25, 0.3) is 34.0 Å². The molecule has 0 aliphatic rings. The van der Waals surface area contributed by atoms with Gasteiger partial charge in [0.25, 0.3) is 5.91 Å². The quantitative estimate of drug-likeness (QED) is 0.329. The van der Waals surface area contributed by atoms with E-state index in [1.807, 2.05) is 6.07 Å². The van der Waals surface area contributed by atoms with Crippen molar-refractivity contribution in [3.63, 3.8) is 0 Å². The zero-order chi connectivity index (χ0) is 21.4. The Bertz CT molecular complexity index is 1390. The minimum absolute atomic E-state index is 0.141. The molecule has 0 unspecified atom stereocenters. The maximum atomic E-state index is 12.7. The van der Waals surface area contributed by atoms with E-state index in [0.29, 0.717) is 49.7 Å². The van der Waals surface area contributed by atoms with Crippen LogP contribution in [0, 0.1) is 0 Å². The van der Waals surface area contributed by atoms with Crippen LogP contribution in [0.4, 0.5) is 5.69 Å². The third kappa shape index (κ3) is 3.91. The molecule has 1 N–H and O–H groups in total. The number of hydrogen-bond acceptors (Lipinski definition) is 5. The van der Waals surface area contributed by atoms with Crippen molar-refractivity contribution < 1.29 is 13.6 Å². The lowest BCUT2D eigenvalue weighted by atomic mass is 10.2. The number of nitrogens with one attached hydrogen (secondary N) is 1. The minimum atomic E-state index is -0.402. The summed E-state index contributed by atoms with van der Waals surface area (Å²) in [6, 6.07) is 19.0. The summed E-state index contributed by atoms with van der Waals surface area (Å²) in [7, 11) is 0. The summed E-state index contributed by atoms with van der Waals surface area (Å²) in [4.78, 5) is 21.2. The van der Waals surface area contributed by atoms with Crippen LogP contribution in [0.2, 0.25) is 10.0 Å². The number of anilines is 1. The number of hydrogen-bond donors (Lipinski definition) is 1. The van der Waals surface area contributed by atoms with Crippen molar-refractivity contribution in [2.24, 2.45) is 0 Å². The molecule has 8 heteroatoms. The van der Waals surface area contributed by atoms with E-state index in [1.54, 1.807) is 66.9 Å². The number of oxazole rings is 1. The van der Waals surface area contributed by atoms with Gasteiger partial charge in [-0.15, -0.1) is 0 Å². The molecule has 0 aliphatic heterocycles. The van der Waals surface area contributed by atoms with E-state index >= 15 is 0 Å². The van der Waals surface area contributed by atoms with Crippen LogP contribution in [-0.4, -0.2) is 15.9 Å². The van der Waals surface area contributed by atoms with Crippen molar-refractivity contribution in [3.05, 3.63) is 88.7 Å². The van der Waals surface area contributed by atoms with Gasteiger partial charge in [-0.1, -0.05) is 29.3 Å². The number of rotatable bonds is 4. The number of pyridine rings is 1. The molecule has 3 aromatic heterocycles. The molecular weight excluding hydrogens is 437 g/mol. The molecule has 5 aromatic rings. The van der Waals surface area contributed by atoms with Gasteiger partial charge in [0.1, 0.15) is 5.76 Å². The predicted molar refractivity (Wildman–Crippen MR) is 119 cm³/mol. The Morgan fingerprint density at radius 2 is 1.84 bits per heavy atom. The number of aromatic nitrogens is 2. The third-order valence-corrected chi connectivity index (χ3v) is 5.12. The number of fused-ring (bicyclic) bond motifs is 1. The highest BCUT2D eigenvalue weighted by atomic mass is 35.5. The van der Waals surface area contributed by atoms with E-state index in [-0.39, 0.29) is 5.76 Å². The first-order valence-corrected chi connectivity index (χ1v) is 10.0. The maximum absolute atomic E-state index is 12.7. The van der Waals surface area contributed by atoms with Crippen LogP contribution in [0.15, 0.2) is 81.8 Å². The molecule has 0 saturated heterocycles. The second-order valence-electron chi connectivity index (χ2n) is 6.67. The molecular formula is C23H13Cl2N3O3. The summed E-state index contributed by atoms with van der Waals surface area (Å²) in [5.74, 6) is 0.606. The Labute approximate surface area is 186 Å². The molecule has 5 rings (SSSR count). The monoisotopic (exact) mass is 449 g/mol. The Kier molecular flexibility index (Phi) is 4.94. The molecule has 6 nitrogen and oxygen atoms in total. The van der Waals surface area contributed by atoms with Gasteiger partial charge in [0.15, 0.2) is 17.0 Å². The van der Waals surface area contributed by atoms with Gasteiger partial charge in [0.05, 0.1) is 5.02 Å². The van der Waals surface area contributed by atoms with E-state index in [1.165, 1.54) is 0 Å². The minimum Gasteiger partial charge on any atom is -0.451 e. The number of amides is 1. The van der Waals surface area contributed by atoms with E-state index in [0.717, 1.165) is 0 Å². The summed E-state index contributed by atoms with van der Waals surface area (Å²) >= 11 is 12.3. The van der Waals surface area contributed by atoms with Crippen LogP contribution in [0.5, 0.6) is 0 Å². The molecule has 0 aliphatic carbocycles. The number of carbonyl (C=O) groups excluding carboxylic acids is 1. The molecule has 31 heavy (non-hydrogen) atoms. The second-order valence-corrected chi connectivity index (χ2v) is 7.51. The SMILES string of the molecule is O=C(Nc1cccc(-c2nc3ncccc3o2)c1)c1ccc(-c2cc(Cl)ccc2Cl)o1. The molecule has 0 atom stereocenters. The highest BCUT2D eigenvalue weighted by molar-refractivity contribution is 6.35. The average molecular weight is 450 g/mol. The van der Waals surface area contributed by atoms with Gasteiger partial charge in [0.2, 0.25) is 5.89 Å². The van der Waals surface area contributed by atoms with Crippen LogP contribution in [-0.2, 0) is 0 Å². The smallest absolute Gasteiger partial charge is 0.291 e. The van der Waals surface area contributed by atoms with Crippen molar-refractivity contribution in [1.82, 2.24) is 9.97 Å². The number of benzene rings is 2. The summed E-state index contributed by atoms with van der Waals surface area (Å²) < 4.78 is 11.4. The molecule has 152 valence electrons. The summed E-state index contributed by atoms with van der Waals surface area (Å²) in [6.07, 6.45) is 1.65. The first-order valence-electron chi connectivity index (χ1n) is 9.25. The Morgan fingerprint density at radius 3 is 2.71 bits per heavy atom. The van der Waals surface area contributed by atoms with Crippen molar-refractivity contribution >= 4 is 46.0 Å². The highest BCUT2D eigenvalue weighted by Gasteiger charge is 2.16. The average Bonchev–Trinajstić information content (AvgIpc) is 3.43.